The second kappa shape index (κ2) is 9.36. The molecule has 1 aliphatic heterocycles. The van der Waals surface area contributed by atoms with E-state index < -0.39 is 0 Å². The fourth-order valence-corrected chi connectivity index (χ4v) is 4.57. The number of imide groups is 1. The normalized spacial score (nSPS) is 13.3. The van der Waals surface area contributed by atoms with E-state index in [1.807, 2.05) is 18.3 Å². The molecule has 3 aromatic rings. The zero-order chi connectivity index (χ0) is 20.9. The first-order chi connectivity index (χ1) is 14.7. The van der Waals surface area contributed by atoms with Gasteiger partial charge in [0.05, 0.1) is 18.2 Å². The third-order valence-electron chi connectivity index (χ3n) is 5.25. The molecule has 0 bridgehead atoms. The number of aromatic nitrogens is 1. The lowest BCUT2D eigenvalue weighted by atomic mass is 10.1. The van der Waals surface area contributed by atoms with Gasteiger partial charge in [0.25, 0.3) is 11.8 Å². The Balaban J connectivity index is 1.14. The third kappa shape index (κ3) is 4.22. The molecule has 0 fully saturated rings. The topological polar surface area (TPSA) is 74.4 Å². The molecule has 2 amide bonds. The number of carbonyl (C=O) groups excluding carboxylic acids is 2. The second-order valence-corrected chi connectivity index (χ2v) is 8.31. The van der Waals surface area contributed by atoms with Crippen molar-refractivity contribution in [2.75, 3.05) is 32.5 Å². The number of nitrogens with zero attached hydrogens (tertiary/aromatic N) is 1. The highest BCUT2D eigenvalue weighted by molar-refractivity contribution is 7.99. The molecule has 156 valence electrons. The largest absolute Gasteiger partial charge is 0.497 e. The van der Waals surface area contributed by atoms with Crippen molar-refractivity contribution in [3.8, 4) is 5.75 Å². The molecule has 0 aliphatic carbocycles. The van der Waals surface area contributed by atoms with Crippen LogP contribution in [0.2, 0.25) is 0 Å². The average Bonchev–Trinajstić information content (AvgIpc) is 3.29. The van der Waals surface area contributed by atoms with Crippen LogP contribution >= 0.6 is 11.8 Å². The van der Waals surface area contributed by atoms with Crippen molar-refractivity contribution >= 4 is 34.5 Å². The van der Waals surface area contributed by atoms with Gasteiger partial charge in [0.15, 0.2) is 0 Å². The number of carbonyl (C=O) groups is 2. The summed E-state index contributed by atoms with van der Waals surface area (Å²) in [5, 5.41) is 4.62. The molecule has 2 heterocycles. The van der Waals surface area contributed by atoms with E-state index in [0.717, 1.165) is 43.0 Å². The van der Waals surface area contributed by atoms with Crippen LogP contribution in [0.25, 0.3) is 10.9 Å². The Morgan fingerprint density at radius 3 is 2.53 bits per heavy atom. The third-order valence-corrected chi connectivity index (χ3v) is 6.31. The molecule has 6 nitrogen and oxygen atoms in total. The number of aromatic amines is 1. The Labute approximate surface area is 180 Å². The summed E-state index contributed by atoms with van der Waals surface area (Å²) in [6, 6.07) is 13.1. The minimum absolute atomic E-state index is 0.171. The number of methoxy groups -OCH3 is 1. The zero-order valence-corrected chi connectivity index (χ0v) is 17.8. The highest BCUT2D eigenvalue weighted by Crippen LogP contribution is 2.30. The summed E-state index contributed by atoms with van der Waals surface area (Å²) in [6.45, 7) is 2.24. The summed E-state index contributed by atoms with van der Waals surface area (Å²) in [6.07, 6.45) is 3.76. The Bertz CT molecular complexity index is 1030. The van der Waals surface area contributed by atoms with E-state index in [0.29, 0.717) is 17.7 Å². The van der Waals surface area contributed by atoms with Gasteiger partial charge in [0.2, 0.25) is 0 Å². The second-order valence-electron chi connectivity index (χ2n) is 7.18. The molecule has 2 aromatic carbocycles. The van der Waals surface area contributed by atoms with Crippen molar-refractivity contribution in [2.24, 2.45) is 0 Å². The summed E-state index contributed by atoms with van der Waals surface area (Å²) in [5.74, 6) is 1.48. The first kappa shape index (κ1) is 20.5. The monoisotopic (exact) mass is 423 g/mol. The van der Waals surface area contributed by atoms with Crippen molar-refractivity contribution in [1.29, 1.82) is 0 Å². The SMILES string of the molecule is COc1ccc2[nH]cc(SCCNCCCCN3C(=O)c4ccccc4C3=O)c2c1. The Morgan fingerprint density at radius 1 is 1.03 bits per heavy atom. The number of benzene rings is 2. The summed E-state index contributed by atoms with van der Waals surface area (Å²) in [4.78, 5) is 30.5. The van der Waals surface area contributed by atoms with Gasteiger partial charge in [-0.15, -0.1) is 11.8 Å². The molecule has 0 radical (unpaired) electrons. The molecule has 0 saturated carbocycles. The van der Waals surface area contributed by atoms with E-state index >= 15 is 0 Å². The molecule has 30 heavy (non-hydrogen) atoms. The maximum Gasteiger partial charge on any atom is 0.261 e. The van der Waals surface area contributed by atoms with Crippen molar-refractivity contribution in [3.63, 3.8) is 0 Å². The van der Waals surface area contributed by atoms with Gasteiger partial charge in [-0.3, -0.25) is 14.5 Å². The van der Waals surface area contributed by atoms with Crippen LogP contribution in [-0.4, -0.2) is 54.2 Å². The van der Waals surface area contributed by atoms with E-state index in [9.17, 15) is 9.59 Å². The minimum Gasteiger partial charge on any atom is -0.497 e. The van der Waals surface area contributed by atoms with Crippen LogP contribution in [0.15, 0.2) is 53.6 Å². The molecule has 0 atom stereocenters. The number of hydrogen-bond acceptors (Lipinski definition) is 5. The molecular formula is C23H25N3O3S. The maximum atomic E-state index is 12.3. The van der Waals surface area contributed by atoms with Crippen molar-refractivity contribution in [2.45, 2.75) is 17.7 Å². The number of fused-ring (bicyclic) bond motifs is 2. The van der Waals surface area contributed by atoms with Crippen molar-refractivity contribution in [3.05, 3.63) is 59.8 Å². The number of hydrogen-bond donors (Lipinski definition) is 2. The van der Waals surface area contributed by atoms with Crippen LogP contribution in [0.4, 0.5) is 0 Å². The summed E-state index contributed by atoms with van der Waals surface area (Å²) < 4.78 is 5.31. The van der Waals surface area contributed by atoms with E-state index in [1.54, 1.807) is 43.1 Å². The van der Waals surface area contributed by atoms with Crippen molar-refractivity contribution in [1.82, 2.24) is 15.2 Å². The summed E-state index contributed by atoms with van der Waals surface area (Å²) in [5.41, 5.74) is 2.15. The first-order valence-electron chi connectivity index (χ1n) is 10.1. The summed E-state index contributed by atoms with van der Waals surface area (Å²) in [7, 11) is 1.68. The van der Waals surface area contributed by atoms with Crippen molar-refractivity contribution < 1.29 is 14.3 Å². The number of H-pyrrole nitrogens is 1. The number of unbranched alkanes of at least 4 members (excludes halogenated alkanes) is 1. The van der Waals surface area contributed by atoms with Gasteiger partial charge in [-0.25, -0.2) is 0 Å². The van der Waals surface area contributed by atoms with Crippen LogP contribution in [0.1, 0.15) is 33.6 Å². The summed E-state index contributed by atoms with van der Waals surface area (Å²) >= 11 is 1.81. The molecule has 2 N–H and O–H groups in total. The molecule has 0 saturated heterocycles. The average molecular weight is 424 g/mol. The Morgan fingerprint density at radius 2 is 1.80 bits per heavy atom. The fourth-order valence-electron chi connectivity index (χ4n) is 3.64. The van der Waals surface area contributed by atoms with Crippen LogP contribution in [-0.2, 0) is 0 Å². The zero-order valence-electron chi connectivity index (χ0n) is 16.9. The lowest BCUT2D eigenvalue weighted by molar-refractivity contribution is 0.0651. The van der Waals surface area contributed by atoms with E-state index in [4.69, 9.17) is 4.74 Å². The standard InChI is InChI=1S/C23H25N3O3S/c1-29-16-8-9-20-19(14-16)21(15-25-20)30-13-11-24-10-4-5-12-26-22(27)17-6-2-3-7-18(17)23(26)28/h2-3,6-9,14-15,24-25H,4-5,10-13H2,1H3. The Hall–Kier alpha value is -2.77. The van der Waals surface area contributed by atoms with Gasteiger partial charge in [0.1, 0.15) is 5.75 Å². The molecule has 0 spiro atoms. The molecule has 0 unspecified atom stereocenters. The number of rotatable bonds is 10. The molecule has 1 aromatic heterocycles. The minimum atomic E-state index is -0.171. The number of amides is 2. The van der Waals surface area contributed by atoms with Gasteiger partial charge in [-0.1, -0.05) is 12.1 Å². The van der Waals surface area contributed by atoms with Crippen LogP contribution in [0, 0.1) is 0 Å². The maximum absolute atomic E-state index is 12.3. The van der Waals surface area contributed by atoms with E-state index in [2.05, 4.69) is 16.4 Å². The number of thioether (sulfide) groups is 1. The molecular weight excluding hydrogens is 398 g/mol. The highest BCUT2D eigenvalue weighted by Gasteiger charge is 2.34. The van der Waals surface area contributed by atoms with E-state index in [-0.39, 0.29) is 11.8 Å². The van der Waals surface area contributed by atoms with Crippen LogP contribution in [0.3, 0.4) is 0 Å². The van der Waals surface area contributed by atoms with Gasteiger partial charge >= 0.3 is 0 Å². The molecule has 7 heteroatoms. The molecule has 1 aliphatic rings. The van der Waals surface area contributed by atoms with E-state index in [1.165, 1.54) is 15.2 Å². The molecule has 4 rings (SSSR count). The lowest BCUT2D eigenvalue weighted by Crippen LogP contribution is -2.31. The predicted molar refractivity (Wildman–Crippen MR) is 119 cm³/mol. The van der Waals surface area contributed by atoms with Gasteiger partial charge in [-0.2, -0.15) is 0 Å². The fraction of sp³-hybridized carbons (Fsp3) is 0.304. The van der Waals surface area contributed by atoms with Crippen LogP contribution in [0.5, 0.6) is 5.75 Å². The quantitative estimate of drug-likeness (QED) is 0.294. The lowest BCUT2D eigenvalue weighted by Gasteiger charge is -2.13. The smallest absolute Gasteiger partial charge is 0.261 e. The number of nitrogens with one attached hydrogen (secondary N) is 2. The Kier molecular flexibility index (Phi) is 6.40. The number of ether oxygens (including phenoxy) is 1. The van der Waals surface area contributed by atoms with Gasteiger partial charge < -0.3 is 15.0 Å². The first-order valence-corrected chi connectivity index (χ1v) is 11.1. The van der Waals surface area contributed by atoms with Gasteiger partial charge in [-0.05, 0) is 49.7 Å². The highest BCUT2D eigenvalue weighted by atomic mass is 32.2. The van der Waals surface area contributed by atoms with Gasteiger partial charge in [0, 0.05) is 40.8 Å². The predicted octanol–water partition coefficient (Wildman–Crippen LogP) is 3.93. The van der Waals surface area contributed by atoms with Crippen LogP contribution < -0.4 is 10.1 Å².